The lowest BCUT2D eigenvalue weighted by molar-refractivity contribution is 0.600. The number of rotatable bonds is 4. The number of nitrogens with one attached hydrogen (secondary N) is 1. The molecule has 0 aliphatic carbocycles. The van der Waals surface area contributed by atoms with Crippen LogP contribution in [0.2, 0.25) is 5.15 Å². The van der Waals surface area contributed by atoms with Gasteiger partial charge < -0.3 is 0 Å². The van der Waals surface area contributed by atoms with Gasteiger partial charge in [-0.1, -0.05) is 41.9 Å². The number of halogens is 1. The quantitative estimate of drug-likeness (QED) is 0.747. The zero-order chi connectivity index (χ0) is 17.5. The summed E-state index contributed by atoms with van der Waals surface area (Å²) in [5.74, 6) is 0.294. The number of benzene rings is 1. The van der Waals surface area contributed by atoms with Crippen LogP contribution in [0.4, 0.5) is 5.82 Å². The highest BCUT2D eigenvalue weighted by Gasteiger charge is 2.27. The maximum Gasteiger partial charge on any atom is 0.268 e. The van der Waals surface area contributed by atoms with Crippen LogP contribution in [0, 0.1) is 13.8 Å². The number of anilines is 1. The lowest BCUT2D eigenvalue weighted by Gasteiger charge is -2.07. The van der Waals surface area contributed by atoms with Crippen molar-refractivity contribution in [2.45, 2.75) is 18.7 Å². The molecule has 0 spiro atoms. The number of aromatic nitrogens is 3. The van der Waals surface area contributed by atoms with E-state index in [9.17, 15) is 8.42 Å². The standard InChI is InChI=1S/C15H15ClN4O2S2/c1-9-13(14(16)20(3)18-9)24(21,22)19-15-12(23-10(2)17-15)11-7-5-4-6-8-11/h4-8,19H,1-3H3. The van der Waals surface area contributed by atoms with Gasteiger partial charge in [-0.05, 0) is 19.4 Å². The third-order valence-corrected chi connectivity index (χ3v) is 6.42. The van der Waals surface area contributed by atoms with Crippen molar-refractivity contribution in [1.29, 1.82) is 0 Å². The minimum Gasteiger partial charge on any atom is -0.262 e. The molecule has 3 aromatic rings. The molecule has 6 nitrogen and oxygen atoms in total. The van der Waals surface area contributed by atoms with Crippen molar-refractivity contribution in [3.8, 4) is 10.4 Å². The van der Waals surface area contributed by atoms with Crippen molar-refractivity contribution >= 4 is 38.8 Å². The van der Waals surface area contributed by atoms with Gasteiger partial charge in [-0.15, -0.1) is 11.3 Å². The van der Waals surface area contributed by atoms with E-state index in [1.807, 2.05) is 37.3 Å². The molecule has 1 N–H and O–H groups in total. The van der Waals surface area contributed by atoms with E-state index in [2.05, 4.69) is 14.8 Å². The predicted octanol–water partition coefficient (Wildman–Crippen LogP) is 3.61. The minimum absolute atomic E-state index is 0.0312. The number of nitrogens with zero attached hydrogens (tertiary/aromatic N) is 3. The highest BCUT2D eigenvalue weighted by molar-refractivity contribution is 7.93. The van der Waals surface area contributed by atoms with E-state index in [0.29, 0.717) is 11.5 Å². The fraction of sp³-hybridized carbons (Fsp3) is 0.200. The SMILES string of the molecule is Cc1nc(NS(=O)(=O)c2c(C)nn(C)c2Cl)c(-c2ccccc2)s1. The molecule has 0 radical (unpaired) electrons. The minimum atomic E-state index is -3.89. The summed E-state index contributed by atoms with van der Waals surface area (Å²) in [7, 11) is -2.30. The number of thiazole rings is 1. The van der Waals surface area contributed by atoms with Crippen LogP contribution in [-0.4, -0.2) is 23.2 Å². The highest BCUT2D eigenvalue weighted by atomic mass is 35.5. The van der Waals surface area contributed by atoms with Gasteiger partial charge in [-0.2, -0.15) is 5.10 Å². The Morgan fingerprint density at radius 1 is 1.21 bits per heavy atom. The first-order chi connectivity index (χ1) is 11.3. The number of hydrogen-bond acceptors (Lipinski definition) is 5. The second-order valence-corrected chi connectivity index (χ2v) is 8.39. The summed E-state index contributed by atoms with van der Waals surface area (Å²) in [6.07, 6.45) is 0. The Kier molecular flexibility index (Phi) is 4.37. The van der Waals surface area contributed by atoms with Gasteiger partial charge in [0.25, 0.3) is 10.0 Å². The van der Waals surface area contributed by atoms with Gasteiger partial charge in [0.1, 0.15) is 10.0 Å². The topological polar surface area (TPSA) is 76.9 Å². The molecule has 0 saturated heterocycles. The maximum atomic E-state index is 12.8. The van der Waals surface area contributed by atoms with Crippen molar-refractivity contribution in [3.05, 3.63) is 46.2 Å². The van der Waals surface area contributed by atoms with Crippen LogP contribution in [0.3, 0.4) is 0 Å². The van der Waals surface area contributed by atoms with Crippen LogP contribution < -0.4 is 4.72 Å². The van der Waals surface area contributed by atoms with E-state index in [4.69, 9.17) is 11.6 Å². The Bertz CT molecular complexity index is 994. The largest absolute Gasteiger partial charge is 0.268 e. The molecule has 0 bridgehead atoms. The Morgan fingerprint density at radius 2 is 1.88 bits per heavy atom. The second-order valence-electron chi connectivity index (χ2n) is 5.21. The van der Waals surface area contributed by atoms with E-state index in [0.717, 1.165) is 15.4 Å². The molecule has 9 heteroatoms. The molecular weight excluding hydrogens is 368 g/mol. The van der Waals surface area contributed by atoms with Crippen molar-refractivity contribution in [2.75, 3.05) is 4.72 Å². The van der Waals surface area contributed by atoms with Crippen LogP contribution in [0.25, 0.3) is 10.4 Å². The maximum absolute atomic E-state index is 12.8. The molecule has 0 unspecified atom stereocenters. The van der Waals surface area contributed by atoms with Gasteiger partial charge in [-0.25, -0.2) is 13.4 Å². The Morgan fingerprint density at radius 3 is 2.46 bits per heavy atom. The van der Waals surface area contributed by atoms with Crippen LogP contribution in [-0.2, 0) is 17.1 Å². The van der Waals surface area contributed by atoms with E-state index >= 15 is 0 Å². The zero-order valence-electron chi connectivity index (χ0n) is 13.2. The molecule has 126 valence electrons. The summed E-state index contributed by atoms with van der Waals surface area (Å²) < 4.78 is 29.4. The van der Waals surface area contributed by atoms with Crippen LogP contribution in [0.5, 0.6) is 0 Å². The summed E-state index contributed by atoms with van der Waals surface area (Å²) in [4.78, 5) is 5.05. The number of sulfonamides is 1. The molecule has 0 atom stereocenters. The fourth-order valence-electron chi connectivity index (χ4n) is 2.38. The van der Waals surface area contributed by atoms with Gasteiger partial charge in [-0.3, -0.25) is 9.40 Å². The zero-order valence-corrected chi connectivity index (χ0v) is 15.6. The van der Waals surface area contributed by atoms with Gasteiger partial charge in [0, 0.05) is 7.05 Å². The van der Waals surface area contributed by atoms with E-state index in [1.165, 1.54) is 16.0 Å². The highest BCUT2D eigenvalue weighted by Crippen LogP contribution is 2.35. The molecule has 3 rings (SSSR count). The van der Waals surface area contributed by atoms with Crippen molar-refractivity contribution in [1.82, 2.24) is 14.8 Å². The van der Waals surface area contributed by atoms with E-state index < -0.39 is 10.0 Å². The predicted molar refractivity (Wildman–Crippen MR) is 96.1 cm³/mol. The van der Waals surface area contributed by atoms with Gasteiger partial charge in [0.15, 0.2) is 5.82 Å². The van der Waals surface area contributed by atoms with Crippen molar-refractivity contribution in [2.24, 2.45) is 7.05 Å². The first-order valence-electron chi connectivity index (χ1n) is 7.04. The van der Waals surface area contributed by atoms with Gasteiger partial charge in [0.2, 0.25) is 0 Å². The van der Waals surface area contributed by atoms with Gasteiger partial charge in [0.05, 0.1) is 15.6 Å². The third-order valence-electron chi connectivity index (χ3n) is 3.37. The number of aryl methyl sites for hydroxylation is 3. The van der Waals surface area contributed by atoms with Crippen LogP contribution in [0.1, 0.15) is 10.7 Å². The van der Waals surface area contributed by atoms with Crippen LogP contribution in [0.15, 0.2) is 35.2 Å². The molecule has 1 aromatic carbocycles. The first-order valence-corrected chi connectivity index (χ1v) is 9.72. The lowest BCUT2D eigenvalue weighted by atomic mass is 10.2. The summed E-state index contributed by atoms with van der Waals surface area (Å²) >= 11 is 7.52. The third kappa shape index (κ3) is 3.04. The summed E-state index contributed by atoms with van der Waals surface area (Å²) in [5.41, 5.74) is 1.23. The summed E-state index contributed by atoms with van der Waals surface area (Å²) in [5, 5.41) is 4.88. The van der Waals surface area contributed by atoms with Crippen LogP contribution >= 0.6 is 22.9 Å². The number of hydrogen-bond donors (Lipinski definition) is 1. The van der Waals surface area contributed by atoms with Gasteiger partial charge >= 0.3 is 0 Å². The van der Waals surface area contributed by atoms with Crippen molar-refractivity contribution in [3.63, 3.8) is 0 Å². The van der Waals surface area contributed by atoms with E-state index in [1.54, 1.807) is 14.0 Å². The molecule has 2 heterocycles. The monoisotopic (exact) mass is 382 g/mol. The molecule has 2 aromatic heterocycles. The Balaban J connectivity index is 2.06. The molecule has 0 fully saturated rings. The lowest BCUT2D eigenvalue weighted by Crippen LogP contribution is -2.15. The average Bonchev–Trinajstić information content (AvgIpc) is 2.99. The molecule has 24 heavy (non-hydrogen) atoms. The first kappa shape index (κ1) is 16.9. The Labute approximate surface area is 149 Å². The molecular formula is C15H15ClN4O2S2. The normalized spacial score (nSPS) is 11.7. The summed E-state index contributed by atoms with van der Waals surface area (Å²) in [6.45, 7) is 3.43. The fourth-order valence-corrected chi connectivity index (χ4v) is 5.09. The molecule has 0 aliphatic heterocycles. The average molecular weight is 383 g/mol. The smallest absolute Gasteiger partial charge is 0.262 e. The summed E-state index contributed by atoms with van der Waals surface area (Å²) in [6, 6.07) is 9.51. The Hall–Kier alpha value is -1.90. The molecule has 0 aliphatic rings. The van der Waals surface area contributed by atoms with Crippen molar-refractivity contribution < 1.29 is 8.42 Å². The molecule has 0 saturated carbocycles. The second kappa shape index (κ2) is 6.19. The molecule has 0 amide bonds. The van der Waals surface area contributed by atoms with E-state index in [-0.39, 0.29) is 10.0 Å².